The van der Waals surface area contributed by atoms with Gasteiger partial charge < -0.3 is 4.74 Å². The molecule has 0 N–H and O–H groups in total. The van der Waals surface area contributed by atoms with Gasteiger partial charge in [-0.3, -0.25) is 0 Å². The predicted molar refractivity (Wildman–Crippen MR) is 68.0 cm³/mol. The standard InChI is InChI=1S/C12H8BrClO2/c1-16-12(15)7-5-9-8(11(14)6-7)3-2-4-10(9)13/h2-6H,1H3. The lowest BCUT2D eigenvalue weighted by Gasteiger charge is -2.06. The van der Waals surface area contributed by atoms with E-state index in [0.717, 1.165) is 15.2 Å². The maximum absolute atomic E-state index is 11.4. The van der Waals surface area contributed by atoms with Crippen LogP contribution in [0, 0.1) is 0 Å². The zero-order valence-corrected chi connectivity index (χ0v) is 10.8. The molecule has 2 rings (SSSR count). The van der Waals surface area contributed by atoms with E-state index in [9.17, 15) is 4.79 Å². The van der Waals surface area contributed by atoms with Gasteiger partial charge in [-0.2, -0.15) is 0 Å². The molecule has 0 spiro atoms. The number of benzene rings is 2. The minimum absolute atomic E-state index is 0.389. The smallest absolute Gasteiger partial charge is 0.337 e. The molecule has 0 saturated heterocycles. The van der Waals surface area contributed by atoms with Crippen molar-refractivity contribution in [3.63, 3.8) is 0 Å². The van der Waals surface area contributed by atoms with E-state index in [1.807, 2.05) is 18.2 Å². The second-order valence-corrected chi connectivity index (χ2v) is 4.55. The first-order chi connectivity index (χ1) is 7.63. The molecule has 0 aliphatic heterocycles. The predicted octanol–water partition coefficient (Wildman–Crippen LogP) is 4.04. The van der Waals surface area contributed by atoms with Crippen molar-refractivity contribution in [2.75, 3.05) is 7.11 Å². The first-order valence-electron chi connectivity index (χ1n) is 4.59. The molecule has 4 heteroatoms. The van der Waals surface area contributed by atoms with Gasteiger partial charge in [0.05, 0.1) is 12.7 Å². The average molecular weight is 300 g/mol. The fraction of sp³-hybridized carbons (Fsp3) is 0.0833. The van der Waals surface area contributed by atoms with Crippen LogP contribution in [0.25, 0.3) is 10.8 Å². The van der Waals surface area contributed by atoms with Crippen molar-refractivity contribution in [1.82, 2.24) is 0 Å². The maximum atomic E-state index is 11.4. The summed E-state index contributed by atoms with van der Waals surface area (Å²) in [7, 11) is 1.35. The Kier molecular flexibility index (Phi) is 3.17. The topological polar surface area (TPSA) is 26.3 Å². The number of fused-ring (bicyclic) bond motifs is 1. The van der Waals surface area contributed by atoms with E-state index >= 15 is 0 Å². The molecule has 0 fully saturated rings. The second-order valence-electron chi connectivity index (χ2n) is 3.28. The molecule has 0 aliphatic carbocycles. The van der Waals surface area contributed by atoms with Crippen molar-refractivity contribution in [3.8, 4) is 0 Å². The van der Waals surface area contributed by atoms with Crippen LogP contribution in [-0.2, 0) is 4.74 Å². The lowest BCUT2D eigenvalue weighted by Crippen LogP contribution is -2.01. The summed E-state index contributed by atoms with van der Waals surface area (Å²) >= 11 is 9.53. The Bertz CT molecular complexity index is 566. The van der Waals surface area contributed by atoms with Gasteiger partial charge in [0.15, 0.2) is 0 Å². The highest BCUT2D eigenvalue weighted by Gasteiger charge is 2.10. The van der Waals surface area contributed by atoms with Gasteiger partial charge in [-0.15, -0.1) is 0 Å². The quantitative estimate of drug-likeness (QED) is 0.743. The van der Waals surface area contributed by atoms with Gasteiger partial charge in [0.2, 0.25) is 0 Å². The van der Waals surface area contributed by atoms with Crippen LogP contribution in [0.2, 0.25) is 5.02 Å². The molecule has 82 valence electrons. The highest BCUT2D eigenvalue weighted by Crippen LogP contribution is 2.30. The summed E-state index contributed by atoms with van der Waals surface area (Å²) in [5.74, 6) is -0.389. The SMILES string of the molecule is COC(=O)c1cc(Cl)c2cccc(Br)c2c1. The fourth-order valence-corrected chi connectivity index (χ4v) is 2.30. The molecule has 0 radical (unpaired) electrons. The largest absolute Gasteiger partial charge is 0.465 e. The van der Waals surface area contributed by atoms with Gasteiger partial charge in [0.25, 0.3) is 0 Å². The van der Waals surface area contributed by atoms with Gasteiger partial charge in [0.1, 0.15) is 0 Å². The Morgan fingerprint density at radius 1 is 1.31 bits per heavy atom. The van der Waals surface area contributed by atoms with E-state index in [1.165, 1.54) is 7.11 Å². The summed E-state index contributed by atoms with van der Waals surface area (Å²) in [6, 6.07) is 9.08. The third-order valence-electron chi connectivity index (χ3n) is 2.31. The number of carbonyl (C=O) groups excluding carboxylic acids is 1. The summed E-state index contributed by atoms with van der Waals surface area (Å²) < 4.78 is 5.57. The molecule has 0 aromatic heterocycles. The van der Waals surface area contributed by atoms with Crippen LogP contribution in [-0.4, -0.2) is 13.1 Å². The highest BCUT2D eigenvalue weighted by molar-refractivity contribution is 9.10. The molecule has 2 aromatic carbocycles. The Morgan fingerprint density at radius 2 is 2.06 bits per heavy atom. The molecule has 0 atom stereocenters. The third-order valence-corrected chi connectivity index (χ3v) is 3.32. The average Bonchev–Trinajstić information content (AvgIpc) is 2.29. The molecule has 0 unspecified atom stereocenters. The van der Waals surface area contributed by atoms with Crippen LogP contribution < -0.4 is 0 Å². The van der Waals surface area contributed by atoms with E-state index in [-0.39, 0.29) is 5.97 Å². The summed E-state index contributed by atoms with van der Waals surface area (Å²) in [4.78, 5) is 11.4. The van der Waals surface area contributed by atoms with E-state index in [4.69, 9.17) is 11.6 Å². The summed E-state index contributed by atoms with van der Waals surface area (Å²) in [6.45, 7) is 0. The summed E-state index contributed by atoms with van der Waals surface area (Å²) in [5, 5.41) is 2.35. The number of carbonyl (C=O) groups is 1. The molecular formula is C12H8BrClO2. The number of halogens is 2. The van der Waals surface area contributed by atoms with Gasteiger partial charge in [0, 0.05) is 14.9 Å². The Hall–Kier alpha value is -1.06. The van der Waals surface area contributed by atoms with Crippen LogP contribution in [0.3, 0.4) is 0 Å². The Labute approximate surface area is 106 Å². The maximum Gasteiger partial charge on any atom is 0.337 e. The summed E-state index contributed by atoms with van der Waals surface area (Å²) in [5.41, 5.74) is 0.451. The van der Waals surface area contributed by atoms with Crippen LogP contribution in [0.4, 0.5) is 0 Å². The first kappa shape index (κ1) is 11.4. The Balaban J connectivity index is 2.75. The number of methoxy groups -OCH3 is 1. The molecule has 0 amide bonds. The molecule has 2 aromatic rings. The number of esters is 1. The lowest BCUT2D eigenvalue weighted by atomic mass is 10.1. The molecule has 0 bridgehead atoms. The van der Waals surface area contributed by atoms with Crippen molar-refractivity contribution in [2.45, 2.75) is 0 Å². The fourth-order valence-electron chi connectivity index (χ4n) is 1.54. The van der Waals surface area contributed by atoms with Crippen LogP contribution >= 0.6 is 27.5 Å². The van der Waals surface area contributed by atoms with E-state index in [2.05, 4.69) is 20.7 Å². The second kappa shape index (κ2) is 4.44. The van der Waals surface area contributed by atoms with Crippen LogP contribution in [0.15, 0.2) is 34.8 Å². The summed E-state index contributed by atoms with van der Waals surface area (Å²) in [6.07, 6.45) is 0. The zero-order chi connectivity index (χ0) is 11.7. The zero-order valence-electron chi connectivity index (χ0n) is 8.46. The normalized spacial score (nSPS) is 10.4. The van der Waals surface area contributed by atoms with Crippen molar-refractivity contribution < 1.29 is 9.53 Å². The first-order valence-corrected chi connectivity index (χ1v) is 5.76. The lowest BCUT2D eigenvalue weighted by molar-refractivity contribution is 0.0601. The molecule has 2 nitrogen and oxygen atoms in total. The molecular weight excluding hydrogens is 291 g/mol. The van der Waals surface area contributed by atoms with Gasteiger partial charge in [-0.05, 0) is 23.6 Å². The molecule has 0 aliphatic rings. The van der Waals surface area contributed by atoms with Crippen molar-refractivity contribution in [3.05, 3.63) is 45.4 Å². The van der Waals surface area contributed by atoms with Gasteiger partial charge in [-0.25, -0.2) is 4.79 Å². The number of rotatable bonds is 1. The minimum Gasteiger partial charge on any atom is -0.465 e. The number of hydrogen-bond acceptors (Lipinski definition) is 2. The Morgan fingerprint density at radius 3 is 2.75 bits per heavy atom. The van der Waals surface area contributed by atoms with Crippen molar-refractivity contribution >= 4 is 44.3 Å². The minimum atomic E-state index is -0.389. The molecule has 16 heavy (non-hydrogen) atoms. The van der Waals surface area contributed by atoms with Crippen molar-refractivity contribution in [2.24, 2.45) is 0 Å². The number of hydrogen-bond donors (Lipinski definition) is 0. The molecule has 0 heterocycles. The third kappa shape index (κ3) is 1.93. The van der Waals surface area contributed by atoms with Crippen LogP contribution in [0.5, 0.6) is 0 Å². The number of ether oxygens (including phenoxy) is 1. The van der Waals surface area contributed by atoms with Crippen LogP contribution in [0.1, 0.15) is 10.4 Å². The van der Waals surface area contributed by atoms with E-state index in [0.29, 0.717) is 10.6 Å². The highest BCUT2D eigenvalue weighted by atomic mass is 79.9. The van der Waals surface area contributed by atoms with E-state index < -0.39 is 0 Å². The monoisotopic (exact) mass is 298 g/mol. The molecule has 0 saturated carbocycles. The van der Waals surface area contributed by atoms with Gasteiger partial charge in [-0.1, -0.05) is 39.7 Å². The van der Waals surface area contributed by atoms with E-state index in [1.54, 1.807) is 12.1 Å². The van der Waals surface area contributed by atoms with Crippen molar-refractivity contribution in [1.29, 1.82) is 0 Å². The van der Waals surface area contributed by atoms with Gasteiger partial charge >= 0.3 is 5.97 Å².